The Morgan fingerprint density at radius 3 is 2.53 bits per heavy atom. The molecule has 0 radical (unpaired) electrons. The maximum atomic E-state index is 15.6. The third kappa shape index (κ3) is 6.06. The molecule has 1 saturated heterocycles. The van der Waals surface area contributed by atoms with Crippen LogP contribution in [0.25, 0.3) is 10.9 Å². The van der Waals surface area contributed by atoms with E-state index in [4.69, 9.17) is 27.1 Å². The van der Waals surface area contributed by atoms with Gasteiger partial charge in [0.25, 0.3) is 0 Å². The summed E-state index contributed by atoms with van der Waals surface area (Å²) in [4.78, 5) is 43.6. The molecule has 3 aromatic rings. The van der Waals surface area contributed by atoms with Crippen molar-refractivity contribution in [2.24, 2.45) is 5.92 Å². The second-order valence-electron chi connectivity index (χ2n) is 10.9. The molecule has 0 saturated carbocycles. The third-order valence-corrected chi connectivity index (χ3v) is 7.72. The van der Waals surface area contributed by atoms with Crippen LogP contribution in [0.3, 0.4) is 0 Å². The molecule has 9 nitrogen and oxygen atoms in total. The second-order valence-corrected chi connectivity index (χ2v) is 10.9. The van der Waals surface area contributed by atoms with Gasteiger partial charge >= 0.3 is 11.9 Å². The number of ether oxygens (including phenoxy) is 3. The zero-order valence-electron chi connectivity index (χ0n) is 24.1. The molecule has 3 heterocycles. The lowest BCUT2D eigenvalue weighted by Crippen LogP contribution is -2.45. The molecule has 5 rings (SSSR count). The number of benzene rings is 2. The van der Waals surface area contributed by atoms with Crippen molar-refractivity contribution >= 4 is 28.5 Å². The fraction of sp³-hybridized carbons (Fsp3) is 0.364. The maximum Gasteiger partial charge on any atom is 0.349 e. The Morgan fingerprint density at radius 2 is 1.84 bits per heavy atom. The Labute approximate surface area is 249 Å². The van der Waals surface area contributed by atoms with E-state index in [0.717, 1.165) is 13.1 Å². The van der Waals surface area contributed by atoms with Crippen molar-refractivity contribution in [3.63, 3.8) is 0 Å². The van der Waals surface area contributed by atoms with Gasteiger partial charge in [0.2, 0.25) is 5.43 Å². The number of esters is 2. The molecule has 1 atom stereocenters. The number of piperazine rings is 1. The van der Waals surface area contributed by atoms with Gasteiger partial charge in [-0.25, -0.2) is 14.0 Å². The largest absolute Gasteiger partial charge is 0.487 e. The number of aromatic nitrogens is 1. The highest BCUT2D eigenvalue weighted by atomic mass is 19.1. The Kier molecular flexibility index (Phi) is 8.70. The number of nitrogens with zero attached hydrogens (tertiary/aromatic N) is 3. The van der Waals surface area contributed by atoms with Crippen molar-refractivity contribution in [3.8, 4) is 36.2 Å². The molecule has 1 aromatic heterocycles. The summed E-state index contributed by atoms with van der Waals surface area (Å²) in [7, 11) is 2.01. The van der Waals surface area contributed by atoms with Crippen LogP contribution in [-0.4, -0.2) is 67.8 Å². The number of anilines is 1. The molecule has 2 aromatic carbocycles. The summed E-state index contributed by atoms with van der Waals surface area (Å²) in [5.41, 5.74) is -0.0383. The Balaban J connectivity index is 1.42. The van der Waals surface area contributed by atoms with E-state index >= 15 is 4.39 Å². The summed E-state index contributed by atoms with van der Waals surface area (Å²) in [6.07, 6.45) is 12.9. The van der Waals surface area contributed by atoms with Gasteiger partial charge in [0, 0.05) is 51.1 Å². The van der Waals surface area contributed by atoms with Gasteiger partial charge in [-0.15, -0.1) is 24.7 Å². The number of terminal acetylenes is 2. The quantitative estimate of drug-likeness (QED) is 0.224. The molecule has 0 unspecified atom stereocenters. The first kappa shape index (κ1) is 29.7. The number of hydrogen-bond acceptors (Lipinski definition) is 8. The fourth-order valence-corrected chi connectivity index (χ4v) is 5.33. The highest BCUT2D eigenvalue weighted by molar-refractivity contribution is 5.99. The summed E-state index contributed by atoms with van der Waals surface area (Å²) in [5, 5.41) is 0.0252. The molecule has 2 aliphatic rings. The maximum absolute atomic E-state index is 15.6. The lowest BCUT2D eigenvalue weighted by molar-refractivity contribution is 0.0442. The average Bonchev–Trinajstić information content (AvgIpc) is 2.99. The van der Waals surface area contributed by atoms with Crippen LogP contribution in [0.4, 0.5) is 10.1 Å². The van der Waals surface area contributed by atoms with Crippen LogP contribution < -0.4 is 19.8 Å². The highest BCUT2D eigenvalue weighted by Crippen LogP contribution is 2.42. The third-order valence-electron chi connectivity index (χ3n) is 7.72. The smallest absolute Gasteiger partial charge is 0.349 e. The van der Waals surface area contributed by atoms with E-state index < -0.39 is 23.2 Å². The van der Waals surface area contributed by atoms with Gasteiger partial charge in [-0.3, -0.25) is 4.79 Å². The molecule has 0 spiro atoms. The van der Waals surface area contributed by atoms with Crippen LogP contribution in [0.15, 0.2) is 41.3 Å². The van der Waals surface area contributed by atoms with Crippen LogP contribution in [0.1, 0.15) is 46.5 Å². The number of carbonyl (C=O) groups excluding carboxylic acids is 2. The number of hydrogen-bond donors (Lipinski definition) is 0. The number of pyridine rings is 1. The van der Waals surface area contributed by atoms with Crippen molar-refractivity contribution in [1.29, 1.82) is 0 Å². The Morgan fingerprint density at radius 1 is 1.12 bits per heavy atom. The minimum absolute atomic E-state index is 0.0252. The van der Waals surface area contributed by atoms with Gasteiger partial charge in [0.1, 0.15) is 23.6 Å². The fourth-order valence-electron chi connectivity index (χ4n) is 5.33. The van der Waals surface area contributed by atoms with E-state index in [1.807, 2.05) is 18.9 Å². The van der Waals surface area contributed by atoms with E-state index in [1.165, 1.54) is 36.5 Å². The molecule has 2 aliphatic heterocycles. The number of likely N-dealkylation sites (N-methyl/N-ethyl adjacent to an activating group) is 1. The summed E-state index contributed by atoms with van der Waals surface area (Å²) in [6, 6.07) is 6.80. The van der Waals surface area contributed by atoms with Crippen LogP contribution in [0, 0.1) is 36.4 Å². The number of carbonyl (C=O) groups is 2. The lowest BCUT2D eigenvalue weighted by Gasteiger charge is -2.37. The summed E-state index contributed by atoms with van der Waals surface area (Å²) >= 11 is 0. The van der Waals surface area contributed by atoms with Crippen molar-refractivity contribution in [1.82, 2.24) is 9.47 Å². The minimum Gasteiger partial charge on any atom is -0.487 e. The predicted molar refractivity (Wildman–Crippen MR) is 160 cm³/mol. The topological polar surface area (TPSA) is 90.3 Å². The molecular formula is C33H32FN3O6. The molecule has 1 fully saturated rings. The van der Waals surface area contributed by atoms with Crippen LogP contribution in [0.2, 0.25) is 0 Å². The SMILES string of the molecule is C#CCC(CC#C)COC(=O)c1cccc(OC(=O)c2cn3c4c(c(N5CCN(C)CC5)c(F)cc4c2=O)OC[C@@H]3C)c1. The zero-order chi connectivity index (χ0) is 30.7. The number of rotatable bonds is 8. The molecule has 10 heteroatoms. The van der Waals surface area contributed by atoms with Crippen molar-refractivity contribution < 1.29 is 28.2 Å². The van der Waals surface area contributed by atoms with Gasteiger partial charge in [-0.2, -0.15) is 0 Å². The van der Waals surface area contributed by atoms with Crippen molar-refractivity contribution in [3.05, 3.63) is 63.7 Å². The second kappa shape index (κ2) is 12.6. The molecular weight excluding hydrogens is 553 g/mol. The van der Waals surface area contributed by atoms with Crippen LogP contribution >= 0.6 is 0 Å². The van der Waals surface area contributed by atoms with Gasteiger partial charge in [-0.1, -0.05) is 6.07 Å². The molecule has 0 amide bonds. The molecule has 0 N–H and O–H groups in total. The summed E-state index contributed by atoms with van der Waals surface area (Å²) in [6.45, 7) is 4.92. The molecule has 0 bridgehead atoms. The van der Waals surface area contributed by atoms with Crippen LogP contribution in [0.5, 0.6) is 11.5 Å². The van der Waals surface area contributed by atoms with E-state index in [1.54, 1.807) is 4.57 Å². The first-order valence-corrected chi connectivity index (χ1v) is 14.1. The normalized spacial score (nSPS) is 16.3. The zero-order valence-corrected chi connectivity index (χ0v) is 24.1. The molecule has 43 heavy (non-hydrogen) atoms. The van der Waals surface area contributed by atoms with Gasteiger partial charge in [-0.05, 0) is 38.2 Å². The number of halogens is 1. The van der Waals surface area contributed by atoms with E-state index in [2.05, 4.69) is 16.7 Å². The molecule has 0 aliphatic carbocycles. The average molecular weight is 586 g/mol. The van der Waals surface area contributed by atoms with E-state index in [0.29, 0.717) is 42.9 Å². The summed E-state index contributed by atoms with van der Waals surface area (Å²) in [5.74, 6) is 3.03. The monoisotopic (exact) mass is 585 g/mol. The van der Waals surface area contributed by atoms with Gasteiger partial charge in [0.15, 0.2) is 11.6 Å². The standard InChI is InChI=1S/C33H32FN3O6/c1-5-8-22(9-6-2)20-42-32(39)23-10-7-11-24(16-23)43-33(40)26-18-37-21(3)19-41-31-28(37)25(30(26)38)17-27(34)29(31)36-14-12-35(4)13-15-36/h1-2,7,10-11,16-18,21-22H,8-9,12-15,19-20H2,3-4H3/t21-/m0/s1. The first-order valence-electron chi connectivity index (χ1n) is 14.1. The van der Waals surface area contributed by atoms with Gasteiger partial charge < -0.3 is 28.6 Å². The lowest BCUT2D eigenvalue weighted by atomic mass is 10.0. The Bertz CT molecular complexity index is 1690. The van der Waals surface area contributed by atoms with Crippen LogP contribution in [-0.2, 0) is 4.74 Å². The van der Waals surface area contributed by atoms with Crippen molar-refractivity contribution in [2.45, 2.75) is 25.8 Å². The van der Waals surface area contributed by atoms with Crippen molar-refractivity contribution in [2.75, 3.05) is 51.3 Å². The van der Waals surface area contributed by atoms with E-state index in [9.17, 15) is 14.4 Å². The predicted octanol–water partition coefficient (Wildman–Crippen LogP) is 3.88. The van der Waals surface area contributed by atoms with Gasteiger partial charge in [0.05, 0.1) is 29.1 Å². The highest BCUT2D eigenvalue weighted by Gasteiger charge is 2.31. The Hall–Kier alpha value is -4.80. The van der Waals surface area contributed by atoms with E-state index in [-0.39, 0.29) is 47.4 Å². The first-order chi connectivity index (χ1) is 20.7. The summed E-state index contributed by atoms with van der Waals surface area (Å²) < 4.78 is 34.3. The minimum atomic E-state index is -0.937. The molecule has 222 valence electrons.